The molecule has 0 aliphatic heterocycles. The molecule has 0 heterocycles. The number of rotatable bonds is 3. The number of benzene rings is 2. The van der Waals surface area contributed by atoms with Gasteiger partial charge in [-0.3, -0.25) is 0 Å². The maximum Gasteiger partial charge on any atom is 0.161 e. The van der Waals surface area contributed by atoms with Crippen LogP contribution in [0.2, 0.25) is 0 Å². The highest BCUT2D eigenvalue weighted by molar-refractivity contribution is 5.47. The van der Waals surface area contributed by atoms with Crippen LogP contribution in [-0.2, 0) is 0 Å². The maximum atomic E-state index is 13.4. The maximum absolute atomic E-state index is 13.4. The molecule has 2 rings (SSSR count). The van der Waals surface area contributed by atoms with Crippen LogP contribution in [0.3, 0.4) is 0 Å². The van der Waals surface area contributed by atoms with Crippen molar-refractivity contribution >= 4 is 5.69 Å². The first-order chi connectivity index (χ1) is 8.97. The SMILES string of the molecule is CC(Nc1cc(F)c(F)cc1F)c1cccc(F)c1. The minimum Gasteiger partial charge on any atom is -0.376 e. The summed E-state index contributed by atoms with van der Waals surface area (Å²) in [6.45, 7) is 1.66. The summed E-state index contributed by atoms with van der Waals surface area (Å²) in [6.07, 6.45) is 0. The Balaban J connectivity index is 2.24. The molecule has 0 aliphatic carbocycles. The molecule has 0 aromatic heterocycles. The van der Waals surface area contributed by atoms with E-state index in [1.165, 1.54) is 18.2 Å². The largest absolute Gasteiger partial charge is 0.376 e. The van der Waals surface area contributed by atoms with Crippen LogP contribution in [0, 0.1) is 23.3 Å². The number of anilines is 1. The van der Waals surface area contributed by atoms with Crippen molar-refractivity contribution < 1.29 is 17.6 Å². The first-order valence-electron chi connectivity index (χ1n) is 5.64. The lowest BCUT2D eigenvalue weighted by Gasteiger charge is -2.16. The molecule has 5 heteroatoms. The normalized spacial score (nSPS) is 12.3. The van der Waals surface area contributed by atoms with Crippen molar-refractivity contribution in [2.45, 2.75) is 13.0 Å². The standard InChI is InChI=1S/C14H11F4N/c1-8(9-3-2-4-10(15)5-9)19-14-7-12(17)11(16)6-13(14)18/h2-8,19H,1H3. The molecule has 2 aromatic rings. The van der Waals surface area contributed by atoms with E-state index in [4.69, 9.17) is 0 Å². The summed E-state index contributed by atoms with van der Waals surface area (Å²) in [5, 5.41) is 2.67. The lowest BCUT2D eigenvalue weighted by molar-refractivity contribution is 0.495. The van der Waals surface area contributed by atoms with Gasteiger partial charge in [0.05, 0.1) is 5.69 Å². The van der Waals surface area contributed by atoms with E-state index in [1.807, 2.05) is 0 Å². The minimum absolute atomic E-state index is 0.171. The van der Waals surface area contributed by atoms with Gasteiger partial charge < -0.3 is 5.32 Å². The number of halogens is 4. The molecule has 2 aromatic carbocycles. The van der Waals surface area contributed by atoms with Gasteiger partial charge in [0.2, 0.25) is 0 Å². The highest BCUT2D eigenvalue weighted by Crippen LogP contribution is 2.24. The average Bonchev–Trinajstić information content (AvgIpc) is 2.36. The van der Waals surface area contributed by atoms with Crippen LogP contribution in [0.1, 0.15) is 18.5 Å². The number of hydrogen-bond donors (Lipinski definition) is 1. The van der Waals surface area contributed by atoms with Crippen LogP contribution in [0.4, 0.5) is 23.2 Å². The Morgan fingerprint density at radius 1 is 0.895 bits per heavy atom. The molecule has 0 aliphatic rings. The fourth-order valence-electron chi connectivity index (χ4n) is 1.73. The van der Waals surface area contributed by atoms with Gasteiger partial charge in [0.15, 0.2) is 11.6 Å². The predicted molar refractivity (Wildman–Crippen MR) is 64.8 cm³/mol. The second-order valence-electron chi connectivity index (χ2n) is 4.17. The topological polar surface area (TPSA) is 12.0 Å². The van der Waals surface area contributed by atoms with E-state index in [1.54, 1.807) is 13.0 Å². The molecule has 0 amide bonds. The highest BCUT2D eigenvalue weighted by atomic mass is 19.2. The van der Waals surface area contributed by atoms with Crippen molar-refractivity contribution in [3.05, 3.63) is 65.2 Å². The Kier molecular flexibility index (Phi) is 3.74. The van der Waals surface area contributed by atoms with Gasteiger partial charge in [-0.2, -0.15) is 0 Å². The molecule has 100 valence electrons. The summed E-state index contributed by atoms with van der Waals surface area (Å²) in [6, 6.07) is 6.50. The van der Waals surface area contributed by atoms with Crippen LogP contribution >= 0.6 is 0 Å². The Morgan fingerprint density at radius 3 is 2.26 bits per heavy atom. The summed E-state index contributed by atoms with van der Waals surface area (Å²) >= 11 is 0. The van der Waals surface area contributed by atoms with Crippen LogP contribution in [0.5, 0.6) is 0 Å². The molecule has 0 saturated carbocycles. The lowest BCUT2D eigenvalue weighted by atomic mass is 10.1. The summed E-state index contributed by atoms with van der Waals surface area (Å²) in [5.74, 6) is -3.71. The van der Waals surface area contributed by atoms with E-state index in [2.05, 4.69) is 5.32 Å². The smallest absolute Gasteiger partial charge is 0.161 e. The lowest BCUT2D eigenvalue weighted by Crippen LogP contribution is -2.09. The molecule has 1 N–H and O–H groups in total. The third kappa shape index (κ3) is 3.05. The minimum atomic E-state index is -1.25. The van der Waals surface area contributed by atoms with E-state index < -0.39 is 29.3 Å². The molecule has 0 radical (unpaired) electrons. The zero-order valence-corrected chi connectivity index (χ0v) is 10.1. The van der Waals surface area contributed by atoms with Crippen molar-refractivity contribution in [3.63, 3.8) is 0 Å². The van der Waals surface area contributed by atoms with E-state index in [0.29, 0.717) is 11.6 Å². The molecular formula is C14H11F4N. The first kappa shape index (κ1) is 13.4. The molecule has 1 nitrogen and oxygen atoms in total. The van der Waals surface area contributed by atoms with Crippen molar-refractivity contribution in [1.29, 1.82) is 0 Å². The molecular weight excluding hydrogens is 258 g/mol. The number of hydrogen-bond acceptors (Lipinski definition) is 1. The Labute approximate surface area is 107 Å². The second-order valence-corrected chi connectivity index (χ2v) is 4.17. The average molecular weight is 269 g/mol. The van der Waals surface area contributed by atoms with Crippen molar-refractivity contribution in [1.82, 2.24) is 0 Å². The van der Waals surface area contributed by atoms with Crippen LogP contribution in [0.25, 0.3) is 0 Å². The van der Waals surface area contributed by atoms with Gasteiger partial charge in [-0.1, -0.05) is 12.1 Å². The predicted octanol–water partition coefficient (Wildman–Crippen LogP) is 4.42. The first-order valence-corrected chi connectivity index (χ1v) is 5.64. The van der Waals surface area contributed by atoms with Gasteiger partial charge in [-0.25, -0.2) is 17.6 Å². The van der Waals surface area contributed by atoms with Crippen molar-refractivity contribution in [2.24, 2.45) is 0 Å². The van der Waals surface area contributed by atoms with Crippen LogP contribution in [-0.4, -0.2) is 0 Å². The summed E-state index contributed by atoms with van der Waals surface area (Å²) in [5.41, 5.74) is 0.403. The third-order valence-electron chi connectivity index (χ3n) is 2.73. The molecule has 19 heavy (non-hydrogen) atoms. The van der Waals surface area contributed by atoms with Gasteiger partial charge in [-0.05, 0) is 24.6 Å². The zero-order valence-electron chi connectivity index (χ0n) is 10.1. The quantitative estimate of drug-likeness (QED) is 0.642. The Bertz CT molecular complexity index is 598. The summed E-state index contributed by atoms with van der Waals surface area (Å²) in [4.78, 5) is 0. The van der Waals surface area contributed by atoms with E-state index >= 15 is 0 Å². The van der Waals surface area contributed by atoms with Gasteiger partial charge in [0, 0.05) is 18.2 Å². The molecule has 0 spiro atoms. The van der Waals surface area contributed by atoms with Gasteiger partial charge in [0.25, 0.3) is 0 Å². The fourth-order valence-corrected chi connectivity index (χ4v) is 1.73. The summed E-state index contributed by atoms with van der Waals surface area (Å²) in [7, 11) is 0. The Morgan fingerprint density at radius 2 is 1.58 bits per heavy atom. The van der Waals surface area contributed by atoms with Gasteiger partial charge >= 0.3 is 0 Å². The second kappa shape index (κ2) is 5.30. The van der Waals surface area contributed by atoms with Gasteiger partial charge in [0.1, 0.15) is 11.6 Å². The van der Waals surface area contributed by atoms with Crippen LogP contribution in [0.15, 0.2) is 36.4 Å². The molecule has 1 atom stereocenters. The van der Waals surface area contributed by atoms with Crippen molar-refractivity contribution in [2.75, 3.05) is 5.32 Å². The third-order valence-corrected chi connectivity index (χ3v) is 2.73. The molecule has 1 unspecified atom stereocenters. The van der Waals surface area contributed by atoms with E-state index in [0.717, 1.165) is 6.07 Å². The number of nitrogens with one attached hydrogen (secondary N) is 1. The zero-order chi connectivity index (χ0) is 14.0. The van der Waals surface area contributed by atoms with Crippen LogP contribution < -0.4 is 5.32 Å². The van der Waals surface area contributed by atoms with E-state index in [9.17, 15) is 17.6 Å². The molecule has 0 saturated heterocycles. The fraction of sp³-hybridized carbons (Fsp3) is 0.143. The monoisotopic (exact) mass is 269 g/mol. The van der Waals surface area contributed by atoms with Gasteiger partial charge in [-0.15, -0.1) is 0 Å². The highest BCUT2D eigenvalue weighted by Gasteiger charge is 2.13. The molecule has 0 fully saturated rings. The Hall–Kier alpha value is -2.04. The van der Waals surface area contributed by atoms with E-state index in [-0.39, 0.29) is 5.69 Å². The summed E-state index contributed by atoms with van der Waals surface area (Å²) < 4.78 is 52.3. The van der Waals surface area contributed by atoms with Crippen molar-refractivity contribution in [3.8, 4) is 0 Å². The molecule has 0 bridgehead atoms.